The van der Waals surface area contributed by atoms with Crippen LogP contribution >= 0.6 is 11.6 Å². The number of hydrogen-bond donors (Lipinski definition) is 2. The zero-order valence-corrected chi connectivity index (χ0v) is 11.4. The highest BCUT2D eigenvalue weighted by molar-refractivity contribution is 6.32. The van der Waals surface area contributed by atoms with Crippen molar-refractivity contribution >= 4 is 28.9 Å². The minimum absolute atomic E-state index is 0.00751. The molecule has 0 bridgehead atoms. The number of hydrogen-bond acceptors (Lipinski definition) is 6. The van der Waals surface area contributed by atoms with Crippen LogP contribution in [0.3, 0.4) is 0 Å². The van der Waals surface area contributed by atoms with Crippen LogP contribution < -0.4 is 11.1 Å². The van der Waals surface area contributed by atoms with Gasteiger partial charge in [0.05, 0.1) is 17.7 Å². The predicted molar refractivity (Wildman–Crippen MR) is 75.1 cm³/mol. The van der Waals surface area contributed by atoms with Crippen LogP contribution in [0.2, 0.25) is 5.02 Å². The molecule has 9 nitrogen and oxygen atoms in total. The summed E-state index contributed by atoms with van der Waals surface area (Å²) in [6.07, 6.45) is 1.44. The molecule has 0 saturated carbocycles. The molecule has 2 rings (SSSR count). The van der Waals surface area contributed by atoms with E-state index in [1.807, 2.05) is 0 Å². The highest BCUT2D eigenvalue weighted by Crippen LogP contribution is 2.27. The number of nitro benzene ring substituents is 1. The van der Waals surface area contributed by atoms with Crippen LogP contribution in [0, 0.1) is 10.1 Å². The molecule has 1 heterocycles. The van der Waals surface area contributed by atoms with Crippen molar-refractivity contribution in [3.05, 3.63) is 45.2 Å². The first kappa shape index (κ1) is 14.9. The molecule has 0 saturated heterocycles. The monoisotopic (exact) mass is 310 g/mol. The Morgan fingerprint density at radius 2 is 2.29 bits per heavy atom. The molecule has 3 N–H and O–H groups in total. The molecule has 0 fully saturated rings. The quantitative estimate of drug-likeness (QED) is 0.627. The van der Waals surface area contributed by atoms with E-state index in [1.165, 1.54) is 29.1 Å². The molecular formula is C11H11ClN6O3. The number of halogens is 1. The van der Waals surface area contributed by atoms with Gasteiger partial charge < -0.3 is 11.1 Å². The number of rotatable bonds is 5. The maximum absolute atomic E-state index is 11.9. The fourth-order valence-electron chi connectivity index (χ4n) is 1.57. The Hall–Kier alpha value is -2.52. The number of benzene rings is 1. The van der Waals surface area contributed by atoms with E-state index in [9.17, 15) is 14.9 Å². The second-order valence-electron chi connectivity index (χ2n) is 4.03. The van der Waals surface area contributed by atoms with E-state index in [0.717, 1.165) is 0 Å². The molecule has 21 heavy (non-hydrogen) atoms. The molecule has 0 unspecified atom stereocenters. The van der Waals surface area contributed by atoms with Gasteiger partial charge in [-0.3, -0.25) is 19.6 Å². The lowest BCUT2D eigenvalue weighted by Crippen LogP contribution is -2.13. The van der Waals surface area contributed by atoms with Crippen molar-refractivity contribution in [3.8, 4) is 0 Å². The van der Waals surface area contributed by atoms with Crippen LogP contribution in [-0.2, 0) is 6.54 Å². The molecule has 1 amide bonds. The van der Waals surface area contributed by atoms with Crippen LogP contribution in [0.25, 0.3) is 0 Å². The highest BCUT2D eigenvalue weighted by atomic mass is 35.5. The fraction of sp³-hybridized carbons (Fsp3) is 0.182. The number of aromatic nitrogens is 3. The van der Waals surface area contributed by atoms with Crippen LogP contribution in [0.15, 0.2) is 24.4 Å². The Morgan fingerprint density at radius 1 is 1.52 bits per heavy atom. The molecule has 1 aromatic carbocycles. The summed E-state index contributed by atoms with van der Waals surface area (Å²) in [6.45, 7) is 0.806. The lowest BCUT2D eigenvalue weighted by molar-refractivity contribution is -0.384. The van der Waals surface area contributed by atoms with Crippen LogP contribution in [0.1, 0.15) is 10.5 Å². The summed E-state index contributed by atoms with van der Waals surface area (Å²) in [5, 5.41) is 20.7. The van der Waals surface area contributed by atoms with Gasteiger partial charge in [-0.1, -0.05) is 16.8 Å². The molecular weight excluding hydrogens is 300 g/mol. The van der Waals surface area contributed by atoms with Crippen molar-refractivity contribution in [1.29, 1.82) is 0 Å². The first-order chi connectivity index (χ1) is 10.0. The zero-order chi connectivity index (χ0) is 15.4. The Labute approximate surface area is 123 Å². The predicted octanol–water partition coefficient (Wildman–Crippen LogP) is 1.05. The van der Waals surface area contributed by atoms with Gasteiger partial charge in [0.25, 0.3) is 11.6 Å². The van der Waals surface area contributed by atoms with Gasteiger partial charge in [0.2, 0.25) is 0 Å². The minimum Gasteiger partial charge on any atom is -0.329 e. The van der Waals surface area contributed by atoms with Crippen molar-refractivity contribution in [3.63, 3.8) is 0 Å². The summed E-state index contributed by atoms with van der Waals surface area (Å²) < 4.78 is 1.43. The second kappa shape index (κ2) is 6.29. The normalized spacial score (nSPS) is 10.4. The van der Waals surface area contributed by atoms with Gasteiger partial charge in [0, 0.05) is 18.3 Å². The van der Waals surface area contributed by atoms with E-state index in [2.05, 4.69) is 15.6 Å². The first-order valence-corrected chi connectivity index (χ1v) is 6.24. The van der Waals surface area contributed by atoms with Gasteiger partial charge in [0.1, 0.15) is 5.02 Å². The number of carbonyl (C=O) groups is 1. The zero-order valence-electron chi connectivity index (χ0n) is 10.7. The third kappa shape index (κ3) is 3.52. The van der Waals surface area contributed by atoms with Crippen LogP contribution in [-0.4, -0.2) is 32.4 Å². The number of amides is 1. The summed E-state index contributed by atoms with van der Waals surface area (Å²) in [5.41, 5.74) is 5.40. The molecule has 2 aromatic rings. The van der Waals surface area contributed by atoms with Gasteiger partial charge in [-0.05, 0) is 12.1 Å². The third-order valence-electron chi connectivity index (χ3n) is 2.53. The van der Waals surface area contributed by atoms with Crippen molar-refractivity contribution in [2.24, 2.45) is 5.73 Å². The SMILES string of the molecule is NCCn1cc(C(=O)Nc2ccc(Cl)c([N+](=O)[O-])c2)nn1. The average molecular weight is 311 g/mol. The maximum atomic E-state index is 11.9. The molecule has 0 atom stereocenters. The van der Waals surface area contributed by atoms with Gasteiger partial charge in [0.15, 0.2) is 5.69 Å². The number of nitrogens with one attached hydrogen (secondary N) is 1. The molecule has 0 aliphatic carbocycles. The smallest absolute Gasteiger partial charge is 0.289 e. The van der Waals surface area contributed by atoms with Crippen molar-refractivity contribution in [2.45, 2.75) is 6.54 Å². The van der Waals surface area contributed by atoms with Crippen LogP contribution in [0.5, 0.6) is 0 Å². The third-order valence-corrected chi connectivity index (χ3v) is 2.85. The molecule has 1 aromatic heterocycles. The largest absolute Gasteiger partial charge is 0.329 e. The van der Waals surface area contributed by atoms with E-state index >= 15 is 0 Å². The van der Waals surface area contributed by atoms with E-state index in [0.29, 0.717) is 13.1 Å². The van der Waals surface area contributed by atoms with Gasteiger partial charge in [-0.2, -0.15) is 0 Å². The Morgan fingerprint density at radius 3 is 2.95 bits per heavy atom. The average Bonchev–Trinajstić information content (AvgIpc) is 2.90. The van der Waals surface area contributed by atoms with E-state index < -0.39 is 10.8 Å². The second-order valence-corrected chi connectivity index (χ2v) is 4.44. The molecule has 0 spiro atoms. The summed E-state index contributed by atoms with van der Waals surface area (Å²) in [7, 11) is 0. The molecule has 0 aliphatic rings. The van der Waals surface area contributed by atoms with E-state index in [4.69, 9.17) is 17.3 Å². The van der Waals surface area contributed by atoms with Gasteiger partial charge in [-0.25, -0.2) is 0 Å². The Bertz CT molecular complexity index is 686. The summed E-state index contributed by atoms with van der Waals surface area (Å²) >= 11 is 5.69. The first-order valence-electron chi connectivity index (χ1n) is 5.86. The van der Waals surface area contributed by atoms with Crippen molar-refractivity contribution in [1.82, 2.24) is 15.0 Å². The molecule has 0 radical (unpaired) electrons. The molecule has 110 valence electrons. The van der Waals surface area contributed by atoms with E-state index in [-0.39, 0.29) is 22.1 Å². The molecule has 0 aliphatic heterocycles. The highest BCUT2D eigenvalue weighted by Gasteiger charge is 2.16. The van der Waals surface area contributed by atoms with Crippen LogP contribution in [0.4, 0.5) is 11.4 Å². The number of nitrogens with two attached hydrogens (primary N) is 1. The van der Waals surface area contributed by atoms with Gasteiger partial charge >= 0.3 is 0 Å². The van der Waals surface area contributed by atoms with E-state index in [1.54, 1.807) is 0 Å². The summed E-state index contributed by atoms with van der Waals surface area (Å²) in [4.78, 5) is 22.1. The Balaban J connectivity index is 2.15. The Kier molecular flexibility index (Phi) is 4.45. The minimum atomic E-state index is -0.629. The maximum Gasteiger partial charge on any atom is 0.289 e. The van der Waals surface area contributed by atoms with Crippen molar-refractivity contribution < 1.29 is 9.72 Å². The summed E-state index contributed by atoms with van der Waals surface area (Å²) in [5.74, 6) is -0.533. The lowest BCUT2D eigenvalue weighted by Gasteiger charge is -2.03. The topological polar surface area (TPSA) is 129 Å². The number of anilines is 1. The fourth-order valence-corrected chi connectivity index (χ4v) is 1.76. The summed E-state index contributed by atoms with van der Waals surface area (Å²) in [6, 6.07) is 3.96. The lowest BCUT2D eigenvalue weighted by atomic mass is 10.2. The number of nitro groups is 1. The van der Waals surface area contributed by atoms with Gasteiger partial charge in [-0.15, -0.1) is 5.10 Å². The van der Waals surface area contributed by atoms with Crippen molar-refractivity contribution in [2.75, 3.05) is 11.9 Å². The molecule has 10 heteroatoms. The number of nitrogens with zero attached hydrogens (tertiary/aromatic N) is 4. The standard InChI is InChI=1S/C11H11ClN6O3/c12-8-2-1-7(5-10(8)18(20)21)14-11(19)9-6-17(4-3-13)16-15-9/h1-2,5-6H,3-4,13H2,(H,14,19). The number of carbonyl (C=O) groups excluding carboxylic acids is 1.